The zero-order chi connectivity index (χ0) is 6.71. The monoisotopic (exact) mass is 203 g/mol. The van der Waals surface area contributed by atoms with Crippen LogP contribution in [0.25, 0.3) is 0 Å². The minimum Gasteiger partial charge on any atom is -0.554 e. The molecule has 0 saturated heterocycles. The first-order valence-electron chi connectivity index (χ1n) is 0.880. The number of hydrogen-bond donors (Lipinski definition) is 0. The normalized spacial score (nSPS) is 2.50. The fourth-order valence-corrected chi connectivity index (χ4v) is 0. The largest absolute Gasteiger partial charge is 1.00 e. The molecule has 0 fully saturated rings. The number of rotatable bonds is 0. The maximum absolute atomic E-state index is 8.25. The second kappa shape index (κ2) is 1010. The molecule has 0 amide bonds. The molecule has 45 valence electrons. The summed E-state index contributed by atoms with van der Waals surface area (Å²) in [7, 11) is 0. The average molecular weight is 202 g/mol. The van der Waals surface area contributed by atoms with E-state index in [-0.39, 0.29) is 19.5 Å². The number of carboxylic acid groups (broad SMARTS) is 1. The molecule has 0 aliphatic heterocycles. The number of carbonyl (C=O) groups is 1. The zero-order valence-electron chi connectivity index (χ0n) is 3.56. The van der Waals surface area contributed by atoms with Crippen molar-refractivity contribution in [1.29, 1.82) is 0 Å². The molecule has 0 aromatic rings. The molecule has 0 aromatic carbocycles. The van der Waals surface area contributed by atoms with E-state index < -0.39 is 6.47 Å². The van der Waals surface area contributed by atoms with Crippen LogP contribution in [0.2, 0.25) is 0 Å². The van der Waals surface area contributed by atoms with Crippen LogP contribution in [0.3, 0.4) is 0 Å². The summed E-state index contributed by atoms with van der Waals surface area (Å²) in [4.78, 5) is 23.2. The van der Waals surface area contributed by atoms with Crippen LogP contribution in [-0.4, -0.2) is 20.1 Å². The first kappa shape index (κ1) is 26.1. The number of hydrogen-bond acceptors (Lipinski definition) is 4. The van der Waals surface area contributed by atoms with Crippen molar-refractivity contribution in [2.75, 3.05) is 0 Å². The molecule has 0 aromatic heterocycles. The number of carbonyl (C=O) groups excluding carboxylic acids is 3. The summed E-state index contributed by atoms with van der Waals surface area (Å²) in [6.07, 6.45) is 0. The van der Waals surface area contributed by atoms with Gasteiger partial charge in [0.15, 0.2) is 0 Å². The summed E-state index contributed by atoms with van der Waals surface area (Å²) in [5.41, 5.74) is 0. The molecule has 0 rings (SSSR count). The predicted molar refractivity (Wildman–Crippen MR) is 17.5 cm³/mol. The molecule has 0 unspecified atom stereocenters. The van der Waals surface area contributed by atoms with Gasteiger partial charge in [0.25, 0.3) is 13.6 Å². The Morgan fingerprint density at radius 2 is 1.12 bits per heavy atom. The third-order valence-corrected chi connectivity index (χ3v) is 0. The van der Waals surface area contributed by atoms with Gasteiger partial charge in [-0.25, -0.2) is 0 Å². The van der Waals surface area contributed by atoms with E-state index >= 15 is 0 Å². The quantitative estimate of drug-likeness (QED) is 0.323. The molecule has 0 spiro atoms. The molecule has 0 saturated carbocycles. The topological polar surface area (TPSA) is 74.3 Å². The van der Waals surface area contributed by atoms with E-state index in [0.717, 1.165) is 0 Å². The molecule has 0 aliphatic rings. The van der Waals surface area contributed by atoms with Crippen LogP contribution in [0.15, 0.2) is 0 Å². The third-order valence-electron chi connectivity index (χ3n) is 0. The first-order chi connectivity index (χ1) is 3.41. The van der Waals surface area contributed by atoms with Crippen molar-refractivity contribution in [2.45, 2.75) is 0 Å². The Hall–Kier alpha value is -0.567. The Labute approximate surface area is 59.6 Å². The second-order valence-corrected chi connectivity index (χ2v) is 0.0962. The van der Waals surface area contributed by atoms with Gasteiger partial charge >= 0.3 is 19.5 Å². The summed E-state index contributed by atoms with van der Waals surface area (Å²) in [6.45, 7) is 8.50. The summed E-state index contributed by atoms with van der Waals surface area (Å²) < 4.78 is 0. The van der Waals surface area contributed by atoms with Gasteiger partial charge in [0.1, 0.15) is 0 Å². The smallest absolute Gasteiger partial charge is 0.554 e. The Morgan fingerprint density at radius 1 is 1.12 bits per heavy atom. The Kier molecular flexibility index (Phi) is 3300. The van der Waals surface area contributed by atoms with E-state index in [0.29, 0.717) is 0 Å². The van der Waals surface area contributed by atoms with E-state index in [1.807, 2.05) is 0 Å². The molecular weight excluding hydrogens is 201 g/mol. The Morgan fingerprint density at radius 3 is 1.12 bits per heavy atom. The van der Waals surface area contributed by atoms with Crippen LogP contribution in [0.4, 0.5) is 0 Å². The van der Waals surface area contributed by atoms with Crippen molar-refractivity contribution < 1.29 is 39.0 Å². The summed E-state index contributed by atoms with van der Waals surface area (Å²) >= 11 is 0. The molecule has 4 nitrogen and oxygen atoms in total. The van der Waals surface area contributed by atoms with E-state index in [4.69, 9.17) is 19.5 Å². The van der Waals surface area contributed by atoms with Crippen molar-refractivity contribution in [3.8, 4) is 0 Å². The van der Waals surface area contributed by atoms with E-state index in [9.17, 15) is 0 Å². The van der Waals surface area contributed by atoms with Gasteiger partial charge in [-0.15, -0.1) is 0 Å². The van der Waals surface area contributed by atoms with Crippen molar-refractivity contribution in [1.82, 2.24) is 0 Å². The first-order valence-corrected chi connectivity index (χ1v) is 0.880. The maximum atomic E-state index is 8.25. The summed E-state index contributed by atoms with van der Waals surface area (Å²) in [6, 6.07) is 0. The molecule has 0 aliphatic carbocycles. The van der Waals surface area contributed by atoms with Gasteiger partial charge in [-0.3, -0.25) is 9.59 Å². The zero-order valence-corrected chi connectivity index (χ0v) is 5.30. The van der Waals surface area contributed by atoms with Gasteiger partial charge in [0, 0.05) is 6.47 Å². The Balaban J connectivity index is -0.0000000147. The van der Waals surface area contributed by atoms with Crippen LogP contribution < -0.4 is 5.11 Å². The van der Waals surface area contributed by atoms with E-state index in [2.05, 4.69) is 13.6 Å². The average Bonchev–Trinajstić information content (AvgIpc) is 1.78. The molecule has 0 N–H and O–H groups in total. The van der Waals surface area contributed by atoms with Gasteiger partial charge in [-0.2, -0.15) is 0 Å². The maximum Gasteiger partial charge on any atom is 1.00 e. The van der Waals surface area contributed by atoms with Gasteiger partial charge in [-0.05, 0) is 0 Å². The van der Waals surface area contributed by atoms with Crippen molar-refractivity contribution >= 4 is 20.1 Å². The van der Waals surface area contributed by atoms with Crippen LogP contribution in [-0.2, 0) is 33.9 Å². The third kappa shape index (κ3) is 333. The molecule has 0 bridgehead atoms. The summed E-state index contributed by atoms with van der Waals surface area (Å²) in [5, 5.41) is 8.25. The van der Waals surface area contributed by atoms with Crippen molar-refractivity contribution in [2.24, 2.45) is 0 Å². The molecule has 5 heteroatoms. The van der Waals surface area contributed by atoms with Crippen molar-refractivity contribution in [3.05, 3.63) is 0 Å². The molecule has 8 heavy (non-hydrogen) atoms. The predicted octanol–water partition coefficient (Wildman–Crippen LogP) is -2.43. The van der Waals surface area contributed by atoms with Crippen LogP contribution >= 0.6 is 0 Å². The van der Waals surface area contributed by atoms with Gasteiger partial charge in [0.05, 0.1) is 0 Å². The van der Waals surface area contributed by atoms with E-state index in [1.165, 1.54) is 0 Å². The molecule has 5 radical (unpaired) electrons. The van der Waals surface area contributed by atoms with Gasteiger partial charge < -0.3 is 9.90 Å². The van der Waals surface area contributed by atoms with Crippen LogP contribution in [0.1, 0.15) is 0 Å². The van der Waals surface area contributed by atoms with Crippen molar-refractivity contribution in [3.63, 3.8) is 0 Å². The fraction of sp³-hybridized carbons (Fsp3) is 0. The SMILES string of the molecule is O=C[O-].[C]=O.[C]=O.[Ru+]. The van der Waals surface area contributed by atoms with Crippen LogP contribution in [0.5, 0.6) is 0 Å². The van der Waals surface area contributed by atoms with Crippen LogP contribution in [0, 0.1) is 0 Å². The minimum absolute atomic E-state index is 0. The molecule has 0 atom stereocenters. The summed E-state index contributed by atoms with van der Waals surface area (Å²) in [5.74, 6) is 0. The minimum atomic E-state index is -0.500. The second-order valence-electron chi connectivity index (χ2n) is 0.0962. The molecule has 0 heterocycles. The van der Waals surface area contributed by atoms with Gasteiger partial charge in [-0.1, -0.05) is 0 Å². The van der Waals surface area contributed by atoms with Gasteiger partial charge in [0.2, 0.25) is 0 Å². The Bertz CT molecular complexity index is 30.5. The molecular formula is C3HO4Ru. The van der Waals surface area contributed by atoms with E-state index in [1.54, 1.807) is 0 Å². The standard InChI is InChI=1S/CH2O2.2CO.Ru/c2-1-3;2*1-2;/h1H,(H,2,3);;;/q;;;+1/p-1. The fourth-order valence-electron chi connectivity index (χ4n) is 0.